The maximum absolute atomic E-state index is 3.55. The van der Waals surface area contributed by atoms with Gasteiger partial charge in [0.05, 0.1) is 0 Å². The highest BCUT2D eigenvalue weighted by Gasteiger charge is 2.13. The van der Waals surface area contributed by atoms with Crippen LogP contribution in [0.4, 0.5) is 0 Å². The minimum atomic E-state index is 1.21. The fourth-order valence-electron chi connectivity index (χ4n) is 3.85. The zero-order chi connectivity index (χ0) is 15.7. The van der Waals surface area contributed by atoms with E-state index in [1.807, 2.05) is 11.3 Å². The second kappa shape index (κ2) is 4.37. The van der Waals surface area contributed by atoms with Crippen LogP contribution < -0.4 is 0 Å². The van der Waals surface area contributed by atoms with Crippen molar-refractivity contribution in [2.75, 3.05) is 0 Å². The van der Waals surface area contributed by atoms with Crippen LogP contribution in [0.3, 0.4) is 0 Å². The molecule has 0 saturated heterocycles. The SMILES string of the molecule is c1ccc2cc3c(cc2c1)sc1c3ccc2[nH]c3ccccc3c21. The van der Waals surface area contributed by atoms with Gasteiger partial charge >= 0.3 is 0 Å². The van der Waals surface area contributed by atoms with E-state index in [9.17, 15) is 0 Å². The van der Waals surface area contributed by atoms with Crippen LogP contribution in [-0.2, 0) is 0 Å². The van der Waals surface area contributed by atoms with Crippen LogP contribution in [0.15, 0.2) is 72.8 Å². The molecule has 24 heavy (non-hydrogen) atoms. The van der Waals surface area contributed by atoms with E-state index in [4.69, 9.17) is 0 Å². The van der Waals surface area contributed by atoms with Crippen molar-refractivity contribution < 1.29 is 0 Å². The Morgan fingerprint density at radius 2 is 1.42 bits per heavy atom. The van der Waals surface area contributed by atoms with Crippen molar-refractivity contribution in [2.45, 2.75) is 0 Å². The van der Waals surface area contributed by atoms with Crippen molar-refractivity contribution in [2.24, 2.45) is 0 Å². The molecule has 0 unspecified atom stereocenters. The number of para-hydroxylation sites is 1. The van der Waals surface area contributed by atoms with Crippen molar-refractivity contribution in [1.82, 2.24) is 4.98 Å². The number of hydrogen-bond donors (Lipinski definition) is 1. The first-order valence-electron chi connectivity index (χ1n) is 8.13. The molecule has 0 saturated carbocycles. The largest absolute Gasteiger partial charge is 0.354 e. The van der Waals surface area contributed by atoms with Gasteiger partial charge in [-0.25, -0.2) is 0 Å². The van der Waals surface area contributed by atoms with Gasteiger partial charge in [-0.05, 0) is 35.0 Å². The molecule has 0 bridgehead atoms. The Labute approximate surface area is 142 Å². The summed E-state index contributed by atoms with van der Waals surface area (Å²) < 4.78 is 2.75. The minimum absolute atomic E-state index is 1.21. The van der Waals surface area contributed by atoms with Crippen molar-refractivity contribution in [3.63, 3.8) is 0 Å². The molecule has 0 aliphatic heterocycles. The molecule has 0 aliphatic carbocycles. The Bertz CT molecular complexity index is 1400. The topological polar surface area (TPSA) is 15.8 Å². The van der Waals surface area contributed by atoms with Crippen molar-refractivity contribution >= 4 is 64.1 Å². The number of fused-ring (bicyclic) bond motifs is 8. The molecule has 2 heteroatoms. The monoisotopic (exact) mass is 323 g/mol. The summed E-state index contributed by atoms with van der Waals surface area (Å²) in [5, 5.41) is 8.01. The average Bonchev–Trinajstić information content (AvgIpc) is 3.17. The quantitative estimate of drug-likeness (QED) is 0.315. The molecule has 1 N–H and O–H groups in total. The van der Waals surface area contributed by atoms with Gasteiger partial charge in [0, 0.05) is 42.0 Å². The summed E-state index contributed by atoms with van der Waals surface area (Å²) in [7, 11) is 0. The summed E-state index contributed by atoms with van der Waals surface area (Å²) in [5.41, 5.74) is 2.43. The van der Waals surface area contributed by atoms with E-state index < -0.39 is 0 Å². The molecule has 0 atom stereocenters. The molecule has 0 amide bonds. The molecule has 112 valence electrons. The minimum Gasteiger partial charge on any atom is -0.354 e. The molecule has 6 rings (SSSR count). The lowest BCUT2D eigenvalue weighted by Crippen LogP contribution is -1.72. The second-order valence-corrected chi connectivity index (χ2v) is 7.39. The Balaban J connectivity index is 1.88. The fraction of sp³-hybridized carbons (Fsp3) is 0. The van der Waals surface area contributed by atoms with Gasteiger partial charge in [0.15, 0.2) is 0 Å². The van der Waals surface area contributed by atoms with Crippen LogP contribution in [-0.4, -0.2) is 4.98 Å². The number of aromatic amines is 1. The Morgan fingerprint density at radius 3 is 2.33 bits per heavy atom. The summed E-state index contributed by atoms with van der Waals surface area (Å²) in [6.45, 7) is 0. The van der Waals surface area contributed by atoms with Gasteiger partial charge in [-0.15, -0.1) is 11.3 Å². The molecular weight excluding hydrogens is 310 g/mol. The standard InChI is InChI=1S/C22H13NS/c1-2-6-14-12-20-17(11-13(14)5-1)15-9-10-19-21(22(15)24-20)16-7-3-4-8-18(16)23-19/h1-12,23H. The molecule has 0 aliphatic rings. The van der Waals surface area contributed by atoms with E-state index in [0.717, 1.165) is 0 Å². The maximum atomic E-state index is 3.55. The maximum Gasteiger partial charge on any atom is 0.0479 e. The lowest BCUT2D eigenvalue weighted by molar-refractivity contribution is 1.55. The zero-order valence-electron chi connectivity index (χ0n) is 12.8. The summed E-state index contributed by atoms with van der Waals surface area (Å²) >= 11 is 1.91. The fourth-order valence-corrected chi connectivity index (χ4v) is 5.15. The van der Waals surface area contributed by atoms with E-state index in [0.29, 0.717) is 0 Å². The third-order valence-electron chi connectivity index (χ3n) is 4.97. The summed E-state index contributed by atoms with van der Waals surface area (Å²) in [5.74, 6) is 0. The van der Waals surface area contributed by atoms with Gasteiger partial charge in [0.1, 0.15) is 0 Å². The van der Waals surface area contributed by atoms with Crippen molar-refractivity contribution in [1.29, 1.82) is 0 Å². The number of rotatable bonds is 0. The lowest BCUT2D eigenvalue weighted by atomic mass is 10.0. The van der Waals surface area contributed by atoms with E-state index in [1.165, 1.54) is 52.8 Å². The van der Waals surface area contributed by atoms with Crippen LogP contribution in [0.2, 0.25) is 0 Å². The molecule has 1 nitrogen and oxygen atoms in total. The smallest absolute Gasteiger partial charge is 0.0479 e. The molecule has 0 radical (unpaired) electrons. The first-order valence-corrected chi connectivity index (χ1v) is 8.94. The van der Waals surface area contributed by atoms with E-state index in [1.54, 1.807) is 0 Å². The molecule has 0 spiro atoms. The highest BCUT2D eigenvalue weighted by Crippen LogP contribution is 2.42. The molecule has 2 heterocycles. The van der Waals surface area contributed by atoms with Gasteiger partial charge in [0.25, 0.3) is 0 Å². The Morgan fingerprint density at radius 1 is 0.625 bits per heavy atom. The molecule has 2 aromatic heterocycles. The van der Waals surface area contributed by atoms with Crippen molar-refractivity contribution in [3.8, 4) is 0 Å². The van der Waals surface area contributed by atoms with E-state index in [2.05, 4.69) is 77.8 Å². The predicted octanol–water partition coefficient (Wildman–Crippen LogP) is 6.84. The van der Waals surface area contributed by atoms with Gasteiger partial charge in [-0.3, -0.25) is 0 Å². The number of H-pyrrole nitrogens is 1. The normalized spacial score (nSPS) is 12.2. The van der Waals surface area contributed by atoms with Crippen molar-refractivity contribution in [3.05, 3.63) is 72.8 Å². The third kappa shape index (κ3) is 1.53. The van der Waals surface area contributed by atoms with Gasteiger partial charge in [-0.1, -0.05) is 48.5 Å². The number of hydrogen-bond acceptors (Lipinski definition) is 1. The number of benzene rings is 4. The highest BCUT2D eigenvalue weighted by molar-refractivity contribution is 7.26. The predicted molar refractivity (Wildman–Crippen MR) is 106 cm³/mol. The molecule has 6 aromatic rings. The average molecular weight is 323 g/mol. The zero-order valence-corrected chi connectivity index (χ0v) is 13.7. The van der Waals surface area contributed by atoms with Crippen LogP contribution >= 0.6 is 11.3 Å². The summed E-state index contributed by atoms with van der Waals surface area (Å²) in [6, 6.07) is 26.3. The Hall–Kier alpha value is -2.84. The molecule has 0 fully saturated rings. The Kier molecular flexibility index (Phi) is 2.29. The van der Waals surface area contributed by atoms with Crippen LogP contribution in [0.25, 0.3) is 52.8 Å². The summed E-state index contributed by atoms with van der Waals surface area (Å²) in [4.78, 5) is 3.55. The third-order valence-corrected chi connectivity index (χ3v) is 6.16. The number of nitrogens with one attached hydrogen (secondary N) is 1. The van der Waals surface area contributed by atoms with E-state index in [-0.39, 0.29) is 0 Å². The molecular formula is C22H13NS. The number of thiophene rings is 1. The molecule has 4 aromatic carbocycles. The van der Waals surface area contributed by atoms with Gasteiger partial charge in [0.2, 0.25) is 0 Å². The van der Waals surface area contributed by atoms with Crippen LogP contribution in [0, 0.1) is 0 Å². The second-order valence-electron chi connectivity index (χ2n) is 6.33. The van der Waals surface area contributed by atoms with Gasteiger partial charge in [-0.2, -0.15) is 0 Å². The highest BCUT2D eigenvalue weighted by atomic mass is 32.1. The van der Waals surface area contributed by atoms with Gasteiger partial charge < -0.3 is 4.98 Å². The lowest BCUT2D eigenvalue weighted by Gasteiger charge is -1.98. The first kappa shape index (κ1) is 12.6. The van der Waals surface area contributed by atoms with Crippen LogP contribution in [0.1, 0.15) is 0 Å². The number of aromatic nitrogens is 1. The summed E-state index contributed by atoms with van der Waals surface area (Å²) in [6.07, 6.45) is 0. The van der Waals surface area contributed by atoms with Crippen LogP contribution in [0.5, 0.6) is 0 Å². The van der Waals surface area contributed by atoms with E-state index >= 15 is 0 Å². The first-order chi connectivity index (χ1) is 11.9.